The number of hydrogen-bond donors (Lipinski definition) is 1. The molecule has 0 atom stereocenters. The van der Waals surface area contributed by atoms with Crippen LogP contribution >= 0.6 is 0 Å². The first-order valence-corrected chi connectivity index (χ1v) is 9.51. The Morgan fingerprint density at radius 3 is 2.38 bits per heavy atom. The predicted molar refractivity (Wildman–Crippen MR) is 113 cm³/mol. The lowest BCUT2D eigenvalue weighted by Gasteiger charge is -2.23. The van der Waals surface area contributed by atoms with Gasteiger partial charge in [-0.3, -0.25) is 0 Å². The molecule has 0 aliphatic rings. The normalized spacial score (nSPS) is 11.2. The molecule has 0 bridgehead atoms. The molecule has 2 aromatic carbocycles. The molecule has 0 unspecified atom stereocenters. The van der Waals surface area contributed by atoms with Crippen LogP contribution in [-0.2, 0) is 7.05 Å². The van der Waals surface area contributed by atoms with E-state index in [1.807, 2.05) is 0 Å². The van der Waals surface area contributed by atoms with Crippen LogP contribution in [0.1, 0.15) is 37.0 Å². The Morgan fingerprint density at radius 2 is 1.77 bits per heavy atom. The maximum Gasteiger partial charge on any atom is 0.208 e. The highest BCUT2D eigenvalue weighted by atomic mass is 15.2. The molecule has 0 fully saturated rings. The number of nitrogens with zero attached hydrogens (tertiary/aromatic N) is 3. The van der Waals surface area contributed by atoms with E-state index >= 15 is 0 Å². The lowest BCUT2D eigenvalue weighted by atomic mass is 10.1. The molecule has 0 saturated carbocycles. The van der Waals surface area contributed by atoms with Crippen molar-refractivity contribution in [2.45, 2.75) is 41.0 Å². The van der Waals surface area contributed by atoms with E-state index in [1.54, 1.807) is 0 Å². The summed E-state index contributed by atoms with van der Waals surface area (Å²) in [6.45, 7) is 12.9. The highest BCUT2D eigenvalue weighted by Crippen LogP contribution is 2.31. The van der Waals surface area contributed by atoms with Crippen LogP contribution < -0.4 is 10.2 Å². The van der Waals surface area contributed by atoms with E-state index in [2.05, 4.69) is 86.8 Å². The van der Waals surface area contributed by atoms with Crippen LogP contribution in [-0.4, -0.2) is 22.6 Å². The molecule has 0 aliphatic heterocycles. The van der Waals surface area contributed by atoms with E-state index in [0.29, 0.717) is 0 Å². The second kappa shape index (κ2) is 7.40. The van der Waals surface area contributed by atoms with Crippen LogP contribution in [0.25, 0.3) is 11.0 Å². The third-order valence-corrected chi connectivity index (χ3v) is 5.00. The second-order valence-electron chi connectivity index (χ2n) is 7.12. The summed E-state index contributed by atoms with van der Waals surface area (Å²) in [4.78, 5) is 7.30. The zero-order valence-electron chi connectivity index (χ0n) is 16.8. The number of hydrogen-bond acceptors (Lipinski definition) is 3. The molecule has 26 heavy (non-hydrogen) atoms. The molecule has 1 heterocycles. The summed E-state index contributed by atoms with van der Waals surface area (Å²) in [5.74, 6) is 0.884. The summed E-state index contributed by atoms with van der Waals surface area (Å²) < 4.78 is 2.18. The molecular formula is C22H30N4. The van der Waals surface area contributed by atoms with Crippen LogP contribution in [0.15, 0.2) is 30.3 Å². The van der Waals surface area contributed by atoms with Crippen molar-refractivity contribution in [3.05, 3.63) is 47.0 Å². The van der Waals surface area contributed by atoms with Gasteiger partial charge in [-0.15, -0.1) is 0 Å². The number of nitrogens with one attached hydrogen (secondary N) is 1. The zero-order valence-corrected chi connectivity index (χ0v) is 16.8. The van der Waals surface area contributed by atoms with Crippen molar-refractivity contribution in [3.8, 4) is 0 Å². The number of imidazole rings is 1. The van der Waals surface area contributed by atoms with Gasteiger partial charge in [0.1, 0.15) is 0 Å². The number of fused-ring (bicyclic) bond motifs is 1. The fourth-order valence-electron chi connectivity index (χ4n) is 3.82. The molecule has 3 aromatic rings. The van der Waals surface area contributed by atoms with Gasteiger partial charge in [-0.05, 0) is 57.4 Å². The molecule has 3 rings (SSSR count). The average Bonchev–Trinajstić information content (AvgIpc) is 2.92. The van der Waals surface area contributed by atoms with Crippen LogP contribution in [0.3, 0.4) is 0 Å². The molecule has 138 valence electrons. The van der Waals surface area contributed by atoms with Crippen molar-refractivity contribution in [1.29, 1.82) is 0 Å². The van der Waals surface area contributed by atoms with Gasteiger partial charge in [0.25, 0.3) is 0 Å². The molecule has 0 saturated heterocycles. The second-order valence-corrected chi connectivity index (χ2v) is 7.12. The molecule has 4 nitrogen and oxygen atoms in total. The summed E-state index contributed by atoms with van der Waals surface area (Å²) in [7, 11) is 2.10. The maximum absolute atomic E-state index is 4.87. The summed E-state index contributed by atoms with van der Waals surface area (Å²) in [6.07, 6.45) is 1.13. The number of aromatic nitrogens is 2. The van der Waals surface area contributed by atoms with Crippen molar-refractivity contribution in [3.63, 3.8) is 0 Å². The number of anilines is 3. The molecule has 1 aromatic heterocycles. The Morgan fingerprint density at radius 1 is 1.08 bits per heavy atom. The van der Waals surface area contributed by atoms with Gasteiger partial charge < -0.3 is 14.8 Å². The minimum atomic E-state index is 0.884. The van der Waals surface area contributed by atoms with E-state index in [-0.39, 0.29) is 0 Å². The summed E-state index contributed by atoms with van der Waals surface area (Å²) >= 11 is 0. The topological polar surface area (TPSA) is 33.1 Å². The van der Waals surface area contributed by atoms with Gasteiger partial charge in [0.2, 0.25) is 5.95 Å². The van der Waals surface area contributed by atoms with E-state index < -0.39 is 0 Å². The maximum atomic E-state index is 4.87. The van der Waals surface area contributed by atoms with Crippen molar-refractivity contribution < 1.29 is 0 Å². The quantitative estimate of drug-likeness (QED) is 0.639. The Labute approximate surface area is 156 Å². The van der Waals surface area contributed by atoms with Gasteiger partial charge in [-0.1, -0.05) is 30.7 Å². The molecule has 0 amide bonds. The highest BCUT2D eigenvalue weighted by molar-refractivity contribution is 5.91. The van der Waals surface area contributed by atoms with Crippen LogP contribution in [0.2, 0.25) is 0 Å². The van der Waals surface area contributed by atoms with E-state index in [9.17, 15) is 0 Å². The Hall–Kier alpha value is -2.49. The highest BCUT2D eigenvalue weighted by Gasteiger charge is 2.16. The molecule has 1 N–H and O–H groups in total. The number of rotatable bonds is 6. The third-order valence-electron chi connectivity index (χ3n) is 5.00. The SMILES string of the molecule is CCCN(CC)c1cccc2nc(Nc3c(C)cc(C)cc3C)n(C)c12. The molecule has 0 aliphatic carbocycles. The fraction of sp³-hybridized carbons (Fsp3) is 0.409. The summed E-state index contributed by atoms with van der Waals surface area (Å²) in [6, 6.07) is 10.8. The molecule has 4 heteroatoms. The van der Waals surface area contributed by atoms with Gasteiger partial charge in [-0.2, -0.15) is 0 Å². The summed E-state index contributed by atoms with van der Waals surface area (Å²) in [5, 5.41) is 3.57. The van der Waals surface area contributed by atoms with E-state index in [0.717, 1.165) is 36.7 Å². The average molecular weight is 351 g/mol. The van der Waals surface area contributed by atoms with Crippen LogP contribution in [0.5, 0.6) is 0 Å². The van der Waals surface area contributed by atoms with Gasteiger partial charge in [0.05, 0.1) is 16.7 Å². The van der Waals surface area contributed by atoms with Crippen molar-refractivity contribution in [2.24, 2.45) is 7.05 Å². The largest absolute Gasteiger partial charge is 0.370 e. The van der Waals surface area contributed by atoms with Crippen LogP contribution in [0.4, 0.5) is 17.3 Å². The Balaban J connectivity index is 2.08. The van der Waals surface area contributed by atoms with Gasteiger partial charge in [-0.25, -0.2) is 4.98 Å². The molecule has 0 spiro atoms. The third kappa shape index (κ3) is 3.28. The minimum absolute atomic E-state index is 0.884. The van der Waals surface area contributed by atoms with Gasteiger partial charge in [0.15, 0.2) is 0 Å². The van der Waals surface area contributed by atoms with Gasteiger partial charge >= 0.3 is 0 Å². The first-order valence-electron chi connectivity index (χ1n) is 9.51. The van der Waals surface area contributed by atoms with Crippen LogP contribution in [0, 0.1) is 20.8 Å². The van der Waals surface area contributed by atoms with E-state index in [1.165, 1.54) is 27.9 Å². The standard InChI is InChI=1S/C22H30N4/c1-7-12-26(8-2)19-11-9-10-18-21(19)25(6)22(23-18)24-20-16(4)13-15(3)14-17(20)5/h9-11,13-14H,7-8,12H2,1-6H3,(H,23,24). The fourth-order valence-corrected chi connectivity index (χ4v) is 3.82. The smallest absolute Gasteiger partial charge is 0.208 e. The van der Waals surface area contributed by atoms with Gasteiger partial charge in [0, 0.05) is 25.8 Å². The number of aryl methyl sites for hydroxylation is 4. The minimum Gasteiger partial charge on any atom is -0.370 e. The van der Waals surface area contributed by atoms with Crippen molar-refractivity contribution in [1.82, 2.24) is 9.55 Å². The zero-order chi connectivity index (χ0) is 18.8. The lowest BCUT2D eigenvalue weighted by Crippen LogP contribution is -2.24. The molecular weight excluding hydrogens is 320 g/mol. The Kier molecular flexibility index (Phi) is 5.21. The van der Waals surface area contributed by atoms with E-state index in [4.69, 9.17) is 4.98 Å². The first-order chi connectivity index (χ1) is 12.5. The summed E-state index contributed by atoms with van der Waals surface area (Å²) in [5.41, 5.74) is 8.41. The number of benzene rings is 2. The number of para-hydroxylation sites is 1. The first kappa shape index (κ1) is 18.3. The van der Waals surface area contributed by atoms with Crippen molar-refractivity contribution in [2.75, 3.05) is 23.3 Å². The monoisotopic (exact) mass is 350 g/mol. The Bertz CT molecular complexity index is 900. The molecule has 0 radical (unpaired) electrons. The van der Waals surface area contributed by atoms with Crippen molar-refractivity contribution >= 4 is 28.4 Å². The lowest BCUT2D eigenvalue weighted by molar-refractivity contribution is 0.791. The predicted octanol–water partition coefficient (Wildman–Crippen LogP) is 5.48.